The summed E-state index contributed by atoms with van der Waals surface area (Å²) in [6.07, 6.45) is 3.61. The molecule has 1 aromatic heterocycles. The first-order chi connectivity index (χ1) is 12.6. The van der Waals surface area contributed by atoms with Crippen LogP contribution in [0.3, 0.4) is 0 Å². The third kappa shape index (κ3) is 2.02. The second-order valence-corrected chi connectivity index (χ2v) is 6.78. The minimum absolute atomic E-state index is 0.274. The van der Waals surface area contributed by atoms with Gasteiger partial charge in [-0.25, -0.2) is 4.99 Å². The Morgan fingerprint density at radius 2 is 1.88 bits per heavy atom. The Morgan fingerprint density at radius 1 is 1.08 bits per heavy atom. The summed E-state index contributed by atoms with van der Waals surface area (Å²) < 4.78 is 0. The van der Waals surface area contributed by atoms with Crippen molar-refractivity contribution in [2.75, 3.05) is 11.4 Å². The molecule has 0 unspecified atom stereocenters. The first kappa shape index (κ1) is 15.2. The Balaban J connectivity index is 1.66. The number of aryl methyl sites for hydroxylation is 1. The van der Waals surface area contributed by atoms with E-state index < -0.39 is 5.60 Å². The van der Waals surface area contributed by atoms with E-state index in [4.69, 9.17) is 0 Å². The summed E-state index contributed by atoms with van der Waals surface area (Å²) in [5, 5.41) is 11.1. The summed E-state index contributed by atoms with van der Waals surface area (Å²) >= 11 is 0. The fraction of sp³-hybridized carbons (Fsp3) is 0.200. The van der Waals surface area contributed by atoms with E-state index in [0.717, 1.165) is 22.3 Å². The van der Waals surface area contributed by atoms with Crippen LogP contribution in [0.25, 0.3) is 11.0 Å². The van der Waals surface area contributed by atoms with Gasteiger partial charge in [0.25, 0.3) is 0 Å². The van der Waals surface area contributed by atoms with Crippen LogP contribution < -0.4 is 4.90 Å². The molecule has 0 aliphatic carbocycles. The number of fused-ring (bicyclic) bond motifs is 3. The highest BCUT2D eigenvalue weighted by Gasteiger charge is 2.52. The third-order valence-electron chi connectivity index (χ3n) is 5.09. The van der Waals surface area contributed by atoms with E-state index in [1.54, 1.807) is 18.5 Å². The molecule has 5 rings (SSSR count). The smallest absolute Gasteiger partial charge is 0.204 e. The Labute approximate surface area is 149 Å². The molecular weight excluding hydrogens is 328 g/mol. The van der Waals surface area contributed by atoms with Crippen molar-refractivity contribution in [3.8, 4) is 0 Å². The second-order valence-electron chi connectivity index (χ2n) is 6.78. The van der Waals surface area contributed by atoms with Gasteiger partial charge in [0.05, 0.1) is 16.7 Å². The molecule has 0 radical (unpaired) electrons. The summed E-state index contributed by atoms with van der Waals surface area (Å²) in [7, 11) is 0. The fourth-order valence-electron chi connectivity index (χ4n) is 3.72. The van der Waals surface area contributed by atoms with Gasteiger partial charge >= 0.3 is 0 Å². The number of rotatable bonds is 1. The van der Waals surface area contributed by atoms with Crippen LogP contribution >= 0.6 is 0 Å². The summed E-state index contributed by atoms with van der Waals surface area (Å²) in [6.45, 7) is 2.44. The normalized spacial score (nSPS) is 21.5. The van der Waals surface area contributed by atoms with Gasteiger partial charge < -0.3 is 10.0 Å². The number of nitrogens with zero attached hydrogens (tertiary/aromatic N) is 4. The molecule has 1 N–H and O–H groups in total. The molecule has 1 fully saturated rings. The zero-order valence-corrected chi connectivity index (χ0v) is 14.2. The molecule has 6 heteroatoms. The average Bonchev–Trinajstić information content (AvgIpc) is 3.00. The van der Waals surface area contributed by atoms with E-state index in [1.807, 2.05) is 42.2 Å². The quantitative estimate of drug-likeness (QED) is 0.734. The minimum atomic E-state index is -1.57. The number of hydrogen-bond donors (Lipinski definition) is 1. The molecule has 2 aliphatic heterocycles. The number of Topliss-reactive ketones (excluding diaryl/α,β-unsaturated/α-hetero) is 1. The van der Waals surface area contributed by atoms with Crippen molar-refractivity contribution in [2.24, 2.45) is 4.99 Å². The molecule has 6 nitrogen and oxygen atoms in total. The molecule has 0 saturated carbocycles. The molecule has 1 saturated heterocycles. The number of anilines is 1. The summed E-state index contributed by atoms with van der Waals surface area (Å²) in [4.78, 5) is 28.1. The number of benzene rings is 2. The predicted octanol–water partition coefficient (Wildman–Crippen LogP) is 2.81. The van der Waals surface area contributed by atoms with Crippen LogP contribution in [0.1, 0.15) is 22.3 Å². The lowest BCUT2D eigenvalue weighted by Gasteiger charge is -2.29. The van der Waals surface area contributed by atoms with Crippen molar-refractivity contribution in [1.82, 2.24) is 9.97 Å². The highest BCUT2D eigenvalue weighted by atomic mass is 16.3. The van der Waals surface area contributed by atoms with E-state index in [9.17, 15) is 9.90 Å². The van der Waals surface area contributed by atoms with E-state index in [-0.39, 0.29) is 5.78 Å². The number of amidine groups is 1. The Kier molecular flexibility index (Phi) is 3.02. The summed E-state index contributed by atoms with van der Waals surface area (Å²) in [6, 6.07) is 11.3. The monoisotopic (exact) mass is 344 g/mol. The molecular formula is C20H16N4O2. The van der Waals surface area contributed by atoms with Crippen molar-refractivity contribution < 1.29 is 9.90 Å². The molecule has 0 bridgehead atoms. The van der Waals surface area contributed by atoms with Gasteiger partial charge in [-0.2, -0.15) is 0 Å². The van der Waals surface area contributed by atoms with E-state index in [1.165, 1.54) is 0 Å². The van der Waals surface area contributed by atoms with Crippen LogP contribution in [-0.2, 0) is 0 Å². The average molecular weight is 344 g/mol. The molecule has 0 amide bonds. The molecule has 26 heavy (non-hydrogen) atoms. The van der Waals surface area contributed by atoms with Crippen LogP contribution in [0.15, 0.2) is 53.8 Å². The molecule has 3 aromatic rings. The van der Waals surface area contributed by atoms with Crippen LogP contribution in [0, 0.1) is 6.92 Å². The Hall–Kier alpha value is -3.12. The van der Waals surface area contributed by atoms with Crippen LogP contribution in [0.4, 0.5) is 11.4 Å². The van der Waals surface area contributed by atoms with Crippen molar-refractivity contribution in [1.29, 1.82) is 0 Å². The van der Waals surface area contributed by atoms with Gasteiger partial charge in [0, 0.05) is 36.6 Å². The number of aliphatic imine (C=N–C) groups is 1. The Bertz CT molecular complexity index is 1110. The first-order valence-corrected chi connectivity index (χ1v) is 8.51. The van der Waals surface area contributed by atoms with Gasteiger partial charge in [-0.3, -0.25) is 14.8 Å². The van der Waals surface area contributed by atoms with Crippen molar-refractivity contribution in [3.63, 3.8) is 0 Å². The van der Waals surface area contributed by atoms with Crippen molar-refractivity contribution in [3.05, 3.63) is 59.9 Å². The number of ketones is 1. The molecule has 2 aliphatic rings. The number of carbonyl (C=O) groups is 1. The topological polar surface area (TPSA) is 78.7 Å². The zero-order chi connectivity index (χ0) is 17.9. The lowest BCUT2D eigenvalue weighted by atomic mass is 9.87. The second kappa shape index (κ2) is 5.19. The van der Waals surface area contributed by atoms with Crippen molar-refractivity contribution >= 4 is 34.0 Å². The number of aliphatic hydroxyl groups is 1. The van der Waals surface area contributed by atoms with Gasteiger partial charge in [0.15, 0.2) is 5.60 Å². The highest BCUT2D eigenvalue weighted by Crippen LogP contribution is 2.39. The van der Waals surface area contributed by atoms with Gasteiger partial charge in [-0.15, -0.1) is 0 Å². The van der Waals surface area contributed by atoms with Gasteiger partial charge in [0.1, 0.15) is 5.84 Å². The predicted molar refractivity (Wildman–Crippen MR) is 99.1 cm³/mol. The maximum Gasteiger partial charge on any atom is 0.204 e. The first-order valence-electron chi connectivity index (χ1n) is 8.51. The zero-order valence-electron chi connectivity index (χ0n) is 14.2. The van der Waals surface area contributed by atoms with Crippen LogP contribution in [0.5, 0.6) is 0 Å². The molecule has 2 aromatic carbocycles. The van der Waals surface area contributed by atoms with Crippen LogP contribution in [0.2, 0.25) is 0 Å². The Morgan fingerprint density at radius 3 is 2.73 bits per heavy atom. The number of aromatic nitrogens is 2. The van der Waals surface area contributed by atoms with E-state index in [2.05, 4.69) is 15.0 Å². The fourth-order valence-corrected chi connectivity index (χ4v) is 3.72. The molecule has 128 valence electrons. The third-order valence-corrected chi connectivity index (χ3v) is 5.09. The van der Waals surface area contributed by atoms with Gasteiger partial charge in [-0.05, 0) is 37.3 Å². The largest absolute Gasteiger partial charge is 0.374 e. The SMILES string of the molecule is Cc1ccc2c(c1)C(=O)[C@]1(O)CCN(c3ccc4nccnc4c3)C1=N2. The van der Waals surface area contributed by atoms with Gasteiger partial charge in [-0.1, -0.05) is 11.6 Å². The number of carbonyl (C=O) groups excluding carboxylic acids is 1. The maximum absolute atomic E-state index is 13.0. The number of hydrogen-bond acceptors (Lipinski definition) is 6. The molecule has 0 spiro atoms. The van der Waals surface area contributed by atoms with Gasteiger partial charge in [0.2, 0.25) is 5.78 Å². The molecule has 1 atom stereocenters. The highest BCUT2D eigenvalue weighted by molar-refractivity contribution is 6.28. The van der Waals surface area contributed by atoms with E-state index in [0.29, 0.717) is 30.1 Å². The van der Waals surface area contributed by atoms with Crippen molar-refractivity contribution in [2.45, 2.75) is 18.9 Å². The van der Waals surface area contributed by atoms with Crippen LogP contribution in [-0.4, -0.2) is 38.8 Å². The van der Waals surface area contributed by atoms with E-state index >= 15 is 0 Å². The maximum atomic E-state index is 13.0. The minimum Gasteiger partial charge on any atom is -0.374 e. The summed E-state index contributed by atoms with van der Waals surface area (Å²) in [5.41, 5.74) is 2.90. The standard InChI is InChI=1S/C20H16N4O2/c1-12-2-4-15-14(10-12)18(25)20(26)6-9-24(19(20)23-15)13-3-5-16-17(11-13)22-8-7-21-16/h2-5,7-8,10-11,26H,6,9H2,1H3/t20-/m1/s1. The lowest BCUT2D eigenvalue weighted by Crippen LogP contribution is -2.48. The lowest BCUT2D eigenvalue weighted by molar-refractivity contribution is 0.0602. The molecule has 3 heterocycles. The summed E-state index contributed by atoms with van der Waals surface area (Å²) in [5.74, 6) is 0.117.